The van der Waals surface area contributed by atoms with Crippen molar-refractivity contribution in [2.75, 3.05) is 0 Å². The van der Waals surface area contributed by atoms with Crippen molar-refractivity contribution in [1.82, 2.24) is 14.9 Å². The van der Waals surface area contributed by atoms with Gasteiger partial charge in [0.15, 0.2) is 0 Å². The van der Waals surface area contributed by atoms with E-state index in [9.17, 15) is 22.8 Å². The van der Waals surface area contributed by atoms with Gasteiger partial charge in [0.2, 0.25) is 21.8 Å². The lowest BCUT2D eigenvalue weighted by Crippen LogP contribution is -2.52. The summed E-state index contributed by atoms with van der Waals surface area (Å²) in [6.45, 7) is 0.270. The number of nitrogens with zero attached hydrogens (tertiary/aromatic N) is 1. The fourth-order valence-electron chi connectivity index (χ4n) is 3.46. The smallest absolute Gasteiger partial charge is 0.255 e. The second kappa shape index (κ2) is 7.52. The highest BCUT2D eigenvalue weighted by Gasteiger charge is 2.39. The average Bonchev–Trinajstić information content (AvgIpc) is 3.24. The molecular formula is C18H16ClN3O5S2. The van der Waals surface area contributed by atoms with Crippen LogP contribution in [0.1, 0.15) is 34.3 Å². The molecule has 3 amide bonds. The first kappa shape index (κ1) is 20.0. The van der Waals surface area contributed by atoms with Crippen LogP contribution in [0.3, 0.4) is 0 Å². The van der Waals surface area contributed by atoms with Crippen LogP contribution >= 0.6 is 22.9 Å². The Bertz CT molecular complexity index is 1130. The first-order valence-corrected chi connectivity index (χ1v) is 11.5. The van der Waals surface area contributed by atoms with Gasteiger partial charge in [-0.3, -0.25) is 19.7 Å². The summed E-state index contributed by atoms with van der Waals surface area (Å²) < 4.78 is 27.2. The van der Waals surface area contributed by atoms with Gasteiger partial charge in [0.1, 0.15) is 10.9 Å². The molecule has 2 aromatic rings. The molecule has 1 unspecified atom stereocenters. The Kier molecular flexibility index (Phi) is 5.19. The van der Waals surface area contributed by atoms with E-state index in [0.717, 1.165) is 0 Å². The molecule has 11 heteroatoms. The quantitative estimate of drug-likeness (QED) is 0.668. The van der Waals surface area contributed by atoms with Gasteiger partial charge in [-0.2, -0.15) is 0 Å². The second-order valence-electron chi connectivity index (χ2n) is 6.80. The van der Waals surface area contributed by atoms with E-state index in [-0.39, 0.29) is 41.2 Å². The van der Waals surface area contributed by atoms with Crippen molar-refractivity contribution in [2.24, 2.45) is 0 Å². The molecule has 0 aliphatic carbocycles. The number of amides is 3. The number of carbonyl (C=O) groups is 3. The standard InChI is InChI=1S/C18H16ClN3O5S2/c19-13-8-28-9-15(13)29(26,27)20-6-10-1-2-12-11(5-10)7-22(18(12)25)14-3-4-16(23)21-17(14)24/h1-2,5,8-9,14,20H,3-4,6-7H2,(H,21,23,24). The molecule has 0 bridgehead atoms. The largest absolute Gasteiger partial charge is 0.322 e. The maximum Gasteiger partial charge on any atom is 0.255 e. The predicted octanol–water partition coefficient (Wildman–Crippen LogP) is 1.64. The van der Waals surface area contributed by atoms with Gasteiger partial charge in [-0.15, -0.1) is 11.3 Å². The summed E-state index contributed by atoms with van der Waals surface area (Å²) in [4.78, 5) is 37.6. The number of piperidine rings is 1. The number of thiophene rings is 1. The van der Waals surface area contributed by atoms with Crippen LogP contribution in [0, 0.1) is 0 Å². The normalized spacial score (nSPS) is 19.4. The molecule has 152 valence electrons. The van der Waals surface area contributed by atoms with Crippen LogP contribution in [0.2, 0.25) is 5.02 Å². The zero-order chi connectivity index (χ0) is 20.8. The Morgan fingerprint density at radius 3 is 2.72 bits per heavy atom. The molecular weight excluding hydrogens is 438 g/mol. The summed E-state index contributed by atoms with van der Waals surface area (Å²) >= 11 is 7.10. The van der Waals surface area contributed by atoms with Crippen molar-refractivity contribution in [3.63, 3.8) is 0 Å². The Balaban J connectivity index is 1.48. The molecule has 1 saturated heterocycles. The van der Waals surface area contributed by atoms with E-state index < -0.39 is 22.0 Å². The Morgan fingerprint density at radius 1 is 1.24 bits per heavy atom. The number of rotatable bonds is 5. The van der Waals surface area contributed by atoms with Gasteiger partial charge in [0.05, 0.1) is 5.02 Å². The third kappa shape index (κ3) is 3.80. The summed E-state index contributed by atoms with van der Waals surface area (Å²) in [5.41, 5.74) is 1.86. The molecule has 8 nitrogen and oxygen atoms in total. The molecule has 1 atom stereocenters. The fraction of sp³-hybridized carbons (Fsp3) is 0.278. The summed E-state index contributed by atoms with van der Waals surface area (Å²) in [6.07, 6.45) is 0.479. The van der Waals surface area contributed by atoms with Crippen LogP contribution in [-0.2, 0) is 32.7 Å². The van der Waals surface area contributed by atoms with Gasteiger partial charge in [0.25, 0.3) is 5.91 Å². The van der Waals surface area contributed by atoms with Crippen molar-refractivity contribution in [1.29, 1.82) is 0 Å². The molecule has 0 radical (unpaired) electrons. The summed E-state index contributed by atoms with van der Waals surface area (Å²) in [6, 6.07) is 4.36. The predicted molar refractivity (Wildman–Crippen MR) is 106 cm³/mol. The lowest BCUT2D eigenvalue weighted by atomic mass is 10.0. The number of hydrogen-bond acceptors (Lipinski definition) is 6. The number of benzene rings is 1. The van der Waals surface area contributed by atoms with Gasteiger partial charge in [0, 0.05) is 35.8 Å². The number of imide groups is 1. The lowest BCUT2D eigenvalue weighted by Gasteiger charge is -2.29. The number of fused-ring (bicyclic) bond motifs is 1. The van der Waals surface area contributed by atoms with Crippen molar-refractivity contribution in [2.45, 2.75) is 36.9 Å². The number of sulfonamides is 1. The highest BCUT2D eigenvalue weighted by molar-refractivity contribution is 7.89. The topological polar surface area (TPSA) is 113 Å². The Hall–Kier alpha value is -2.27. The Morgan fingerprint density at radius 2 is 2.03 bits per heavy atom. The van der Waals surface area contributed by atoms with Gasteiger partial charge < -0.3 is 4.90 Å². The van der Waals surface area contributed by atoms with Crippen LogP contribution in [-0.4, -0.2) is 37.1 Å². The van der Waals surface area contributed by atoms with Crippen molar-refractivity contribution < 1.29 is 22.8 Å². The van der Waals surface area contributed by atoms with E-state index in [1.807, 2.05) is 0 Å². The molecule has 1 aromatic heterocycles. The monoisotopic (exact) mass is 453 g/mol. The molecule has 2 aliphatic heterocycles. The number of nitrogens with one attached hydrogen (secondary N) is 2. The van der Waals surface area contributed by atoms with Crippen LogP contribution in [0.4, 0.5) is 0 Å². The molecule has 2 aliphatic rings. The maximum atomic E-state index is 12.7. The van der Waals surface area contributed by atoms with Crippen LogP contribution in [0.5, 0.6) is 0 Å². The highest BCUT2D eigenvalue weighted by Crippen LogP contribution is 2.29. The summed E-state index contributed by atoms with van der Waals surface area (Å²) in [7, 11) is -3.74. The third-order valence-corrected chi connectivity index (χ3v) is 7.81. The summed E-state index contributed by atoms with van der Waals surface area (Å²) in [5.74, 6) is -1.08. The fourth-order valence-corrected chi connectivity index (χ4v) is 6.17. The SMILES string of the molecule is O=C1CCC(N2Cc3cc(CNS(=O)(=O)c4cscc4Cl)ccc3C2=O)C(=O)N1. The first-order valence-electron chi connectivity index (χ1n) is 8.74. The van der Waals surface area contributed by atoms with Crippen LogP contribution < -0.4 is 10.0 Å². The molecule has 4 rings (SSSR count). The van der Waals surface area contributed by atoms with Crippen molar-refractivity contribution in [3.8, 4) is 0 Å². The molecule has 0 saturated carbocycles. The van der Waals surface area contributed by atoms with E-state index in [1.165, 1.54) is 21.6 Å². The first-order chi connectivity index (χ1) is 13.8. The average molecular weight is 454 g/mol. The van der Waals surface area contributed by atoms with E-state index >= 15 is 0 Å². The molecule has 29 heavy (non-hydrogen) atoms. The van der Waals surface area contributed by atoms with Gasteiger partial charge in [-0.1, -0.05) is 23.7 Å². The zero-order valence-corrected chi connectivity index (χ0v) is 17.4. The Labute approximate surface area is 175 Å². The van der Waals surface area contributed by atoms with E-state index in [0.29, 0.717) is 23.1 Å². The van der Waals surface area contributed by atoms with Crippen molar-refractivity contribution >= 4 is 50.7 Å². The summed E-state index contributed by atoms with van der Waals surface area (Å²) in [5, 5.41) is 5.43. The molecule has 3 heterocycles. The lowest BCUT2D eigenvalue weighted by molar-refractivity contribution is -0.136. The molecule has 0 spiro atoms. The second-order valence-corrected chi connectivity index (χ2v) is 9.69. The minimum atomic E-state index is -3.74. The molecule has 1 fully saturated rings. The van der Waals surface area contributed by atoms with E-state index in [1.54, 1.807) is 23.6 Å². The zero-order valence-electron chi connectivity index (χ0n) is 15.0. The maximum absolute atomic E-state index is 12.7. The highest BCUT2D eigenvalue weighted by atomic mass is 35.5. The number of carbonyl (C=O) groups excluding carboxylic acids is 3. The van der Waals surface area contributed by atoms with E-state index in [2.05, 4.69) is 10.0 Å². The van der Waals surface area contributed by atoms with Crippen LogP contribution in [0.15, 0.2) is 33.9 Å². The molecule has 2 N–H and O–H groups in total. The van der Waals surface area contributed by atoms with Gasteiger partial charge >= 0.3 is 0 Å². The number of halogens is 1. The van der Waals surface area contributed by atoms with Crippen LogP contribution in [0.25, 0.3) is 0 Å². The minimum absolute atomic E-state index is 0.0320. The molecule has 1 aromatic carbocycles. The third-order valence-electron chi connectivity index (χ3n) is 4.93. The van der Waals surface area contributed by atoms with Crippen molar-refractivity contribution in [3.05, 3.63) is 50.7 Å². The number of hydrogen-bond donors (Lipinski definition) is 2. The van der Waals surface area contributed by atoms with Gasteiger partial charge in [-0.05, 0) is 23.6 Å². The van der Waals surface area contributed by atoms with Gasteiger partial charge in [-0.25, -0.2) is 13.1 Å². The minimum Gasteiger partial charge on any atom is -0.322 e. The van der Waals surface area contributed by atoms with E-state index in [4.69, 9.17) is 11.6 Å².